The topological polar surface area (TPSA) is 110 Å². The number of hydrogen-bond donors (Lipinski definition) is 1. The number of hydrogen-bond acceptors (Lipinski definition) is 7. The summed E-state index contributed by atoms with van der Waals surface area (Å²) in [7, 11) is 0. The molecule has 37 heavy (non-hydrogen) atoms. The quantitative estimate of drug-likeness (QED) is 0.378. The smallest absolute Gasteiger partial charge is 0.406 e. The molecule has 0 amide bonds. The molecule has 5 rings (SSSR count). The number of aromatic nitrogens is 5. The number of aliphatic carboxylic acids is 1. The van der Waals surface area contributed by atoms with Gasteiger partial charge in [-0.1, -0.05) is 23.4 Å². The van der Waals surface area contributed by atoms with Gasteiger partial charge in [0.25, 0.3) is 0 Å². The van der Waals surface area contributed by atoms with Crippen molar-refractivity contribution in [1.82, 2.24) is 24.9 Å². The summed E-state index contributed by atoms with van der Waals surface area (Å²) in [4.78, 5) is 20.4. The van der Waals surface area contributed by atoms with E-state index in [2.05, 4.69) is 20.2 Å². The van der Waals surface area contributed by atoms with Gasteiger partial charge in [-0.3, -0.25) is 9.48 Å². The van der Waals surface area contributed by atoms with Gasteiger partial charge in [-0.2, -0.15) is 18.3 Å². The van der Waals surface area contributed by atoms with E-state index in [9.17, 15) is 31.9 Å². The number of halogens is 5. The Morgan fingerprint density at radius 3 is 2.57 bits per heavy atom. The number of carboxylic acid groups (broad SMARTS) is 1. The molecule has 14 heteroatoms. The molecule has 0 spiro atoms. The zero-order valence-electron chi connectivity index (χ0n) is 18.8. The molecule has 3 aromatic heterocycles. The van der Waals surface area contributed by atoms with E-state index in [-0.39, 0.29) is 24.6 Å². The lowest BCUT2D eigenvalue weighted by Crippen LogP contribution is -2.47. The molecule has 1 saturated heterocycles. The summed E-state index contributed by atoms with van der Waals surface area (Å²) in [5, 5.41) is 17.6. The van der Waals surface area contributed by atoms with Crippen LogP contribution in [0.1, 0.15) is 12.0 Å². The minimum Gasteiger partial charge on any atom is -0.481 e. The minimum atomic E-state index is -5.04. The van der Waals surface area contributed by atoms with Crippen LogP contribution in [-0.4, -0.2) is 55.2 Å². The van der Waals surface area contributed by atoms with E-state index in [0.717, 1.165) is 11.1 Å². The lowest BCUT2D eigenvalue weighted by atomic mass is 9.86. The van der Waals surface area contributed by atoms with Gasteiger partial charge in [0.2, 0.25) is 0 Å². The summed E-state index contributed by atoms with van der Waals surface area (Å²) >= 11 is 0. The minimum absolute atomic E-state index is 0.0121. The lowest BCUT2D eigenvalue weighted by molar-refractivity contribution is -0.225. The maximum absolute atomic E-state index is 14.6. The normalized spacial score (nSPS) is 17.9. The van der Waals surface area contributed by atoms with Crippen LogP contribution in [0.5, 0.6) is 0 Å². The van der Waals surface area contributed by atoms with E-state index in [0.29, 0.717) is 17.0 Å². The standard InChI is InChI=1S/C23H17F5N6O3/c24-14-4-2-1-3-13(14)11-34-18(16-5-8-37-32-16)9-17(31-34)19-29-10-15(25)20(30-19)33-7-6-22(12-33,21(35)36)23(26,27)28/h1-5,8-10H,6-7,11-12H2,(H,35,36). The summed E-state index contributed by atoms with van der Waals surface area (Å²) in [6.45, 7) is -1.40. The van der Waals surface area contributed by atoms with E-state index < -0.39 is 48.0 Å². The van der Waals surface area contributed by atoms with Gasteiger partial charge in [0.1, 0.15) is 23.5 Å². The Hall–Kier alpha value is -4.36. The van der Waals surface area contributed by atoms with Crippen LogP contribution in [0, 0.1) is 17.0 Å². The van der Waals surface area contributed by atoms with Gasteiger partial charge in [-0.15, -0.1) is 0 Å². The van der Waals surface area contributed by atoms with E-state index in [1.54, 1.807) is 18.2 Å². The van der Waals surface area contributed by atoms with Crippen LogP contribution in [0.25, 0.3) is 22.9 Å². The van der Waals surface area contributed by atoms with Crippen molar-refractivity contribution in [2.24, 2.45) is 5.41 Å². The number of anilines is 1. The molecular formula is C23H17F5N6O3. The number of carboxylic acids is 1. The zero-order chi connectivity index (χ0) is 26.4. The third-order valence-electron chi connectivity index (χ3n) is 6.23. The monoisotopic (exact) mass is 520 g/mol. The molecule has 9 nitrogen and oxygen atoms in total. The van der Waals surface area contributed by atoms with Crippen LogP contribution in [0.4, 0.5) is 27.8 Å². The van der Waals surface area contributed by atoms with E-state index in [1.165, 1.54) is 29.1 Å². The Morgan fingerprint density at radius 1 is 1.14 bits per heavy atom. The first-order valence-electron chi connectivity index (χ1n) is 10.9. The fraction of sp³-hybridized carbons (Fsp3) is 0.261. The Kier molecular flexibility index (Phi) is 5.88. The highest BCUT2D eigenvalue weighted by Gasteiger charge is 2.64. The molecule has 4 heterocycles. The molecular weight excluding hydrogens is 503 g/mol. The summed E-state index contributed by atoms with van der Waals surface area (Å²) in [5.41, 5.74) is -1.88. The molecule has 192 valence electrons. The molecule has 0 radical (unpaired) electrons. The third kappa shape index (κ3) is 4.27. The van der Waals surface area contributed by atoms with Crippen molar-refractivity contribution >= 4 is 11.8 Å². The van der Waals surface area contributed by atoms with Gasteiger partial charge in [0, 0.05) is 24.7 Å². The third-order valence-corrected chi connectivity index (χ3v) is 6.23. The van der Waals surface area contributed by atoms with Crippen LogP contribution >= 0.6 is 0 Å². The molecule has 4 aromatic rings. The highest BCUT2D eigenvalue weighted by atomic mass is 19.4. The molecule has 1 N–H and O–H groups in total. The Balaban J connectivity index is 1.52. The Morgan fingerprint density at radius 2 is 1.92 bits per heavy atom. The number of rotatable bonds is 6. The van der Waals surface area contributed by atoms with Gasteiger partial charge < -0.3 is 14.5 Å². The largest absolute Gasteiger partial charge is 0.481 e. The Labute approximate surface area is 205 Å². The first kappa shape index (κ1) is 24.3. The maximum Gasteiger partial charge on any atom is 0.406 e. The molecule has 1 atom stereocenters. The van der Waals surface area contributed by atoms with Crippen molar-refractivity contribution in [3.8, 4) is 22.9 Å². The summed E-state index contributed by atoms with van der Waals surface area (Å²) in [5.74, 6) is -4.14. The molecule has 1 aliphatic heterocycles. The number of nitrogens with zero attached hydrogens (tertiary/aromatic N) is 6. The maximum atomic E-state index is 14.6. The van der Waals surface area contributed by atoms with Gasteiger partial charge in [-0.25, -0.2) is 18.7 Å². The van der Waals surface area contributed by atoms with Crippen LogP contribution in [0.3, 0.4) is 0 Å². The van der Waals surface area contributed by atoms with Crippen molar-refractivity contribution in [2.75, 3.05) is 18.0 Å². The van der Waals surface area contributed by atoms with Gasteiger partial charge >= 0.3 is 12.1 Å². The van der Waals surface area contributed by atoms with Crippen LogP contribution in [0.15, 0.2) is 53.4 Å². The van der Waals surface area contributed by atoms with Crippen LogP contribution in [-0.2, 0) is 11.3 Å². The summed E-state index contributed by atoms with van der Waals surface area (Å²) in [6, 6.07) is 9.09. The molecule has 0 aliphatic carbocycles. The van der Waals surface area contributed by atoms with E-state index in [4.69, 9.17) is 4.52 Å². The molecule has 1 aliphatic rings. The number of alkyl halides is 3. The summed E-state index contributed by atoms with van der Waals surface area (Å²) < 4.78 is 76.0. The second kappa shape index (κ2) is 8.94. The summed E-state index contributed by atoms with van der Waals surface area (Å²) in [6.07, 6.45) is -3.71. The van der Waals surface area contributed by atoms with E-state index >= 15 is 0 Å². The first-order valence-corrected chi connectivity index (χ1v) is 10.9. The molecule has 0 saturated carbocycles. The highest BCUT2D eigenvalue weighted by Crippen LogP contribution is 2.46. The van der Waals surface area contributed by atoms with Gasteiger partial charge in [-0.05, 0) is 18.6 Å². The van der Waals surface area contributed by atoms with Crippen molar-refractivity contribution in [3.63, 3.8) is 0 Å². The van der Waals surface area contributed by atoms with Crippen molar-refractivity contribution in [1.29, 1.82) is 0 Å². The molecule has 1 aromatic carbocycles. The van der Waals surface area contributed by atoms with Gasteiger partial charge in [0.15, 0.2) is 22.9 Å². The van der Waals surface area contributed by atoms with Crippen LogP contribution < -0.4 is 4.90 Å². The number of carbonyl (C=O) groups is 1. The average molecular weight is 520 g/mol. The lowest BCUT2D eigenvalue weighted by Gasteiger charge is -2.27. The van der Waals surface area contributed by atoms with Crippen molar-refractivity contribution < 1.29 is 36.4 Å². The Bertz CT molecular complexity index is 1460. The fourth-order valence-corrected chi connectivity index (χ4v) is 4.21. The highest BCUT2D eigenvalue weighted by molar-refractivity contribution is 5.78. The fourth-order valence-electron chi connectivity index (χ4n) is 4.21. The van der Waals surface area contributed by atoms with Crippen molar-refractivity contribution in [3.05, 3.63) is 66.1 Å². The van der Waals surface area contributed by atoms with E-state index in [1.807, 2.05) is 0 Å². The predicted molar refractivity (Wildman–Crippen MR) is 117 cm³/mol. The van der Waals surface area contributed by atoms with Crippen LogP contribution in [0.2, 0.25) is 0 Å². The first-order chi connectivity index (χ1) is 17.6. The molecule has 1 unspecified atom stereocenters. The predicted octanol–water partition coefficient (Wildman–Crippen LogP) is 4.17. The van der Waals surface area contributed by atoms with Gasteiger partial charge in [0.05, 0.1) is 18.4 Å². The zero-order valence-corrected chi connectivity index (χ0v) is 18.8. The van der Waals surface area contributed by atoms with Crippen molar-refractivity contribution in [2.45, 2.75) is 19.1 Å². The SMILES string of the molecule is O=C(O)C1(C(F)(F)F)CCN(c2nc(-c3cc(-c4ccon4)n(Cc4ccccc4F)n3)ncc2F)C1. The second-order valence-electron chi connectivity index (χ2n) is 8.47. The molecule has 0 bridgehead atoms. The molecule has 1 fully saturated rings. The average Bonchev–Trinajstić information content (AvgIpc) is 3.60. The second-order valence-corrected chi connectivity index (χ2v) is 8.47. The number of benzene rings is 1.